The van der Waals surface area contributed by atoms with E-state index in [2.05, 4.69) is 33.0 Å². The molecule has 1 saturated heterocycles. The molecule has 24 heavy (non-hydrogen) atoms. The second-order valence-electron chi connectivity index (χ2n) is 7.14. The van der Waals surface area contributed by atoms with Gasteiger partial charge in [-0.05, 0) is 35.8 Å². The number of anilines is 1. The van der Waals surface area contributed by atoms with Crippen LogP contribution in [0.3, 0.4) is 0 Å². The van der Waals surface area contributed by atoms with Gasteiger partial charge < -0.3 is 5.32 Å². The molecule has 2 rings (SSSR count). The van der Waals surface area contributed by atoms with Crippen LogP contribution in [0.15, 0.2) is 18.2 Å². The Morgan fingerprint density at radius 2 is 1.71 bits per heavy atom. The number of nitrogens with zero attached hydrogens (tertiary/aromatic N) is 1. The summed E-state index contributed by atoms with van der Waals surface area (Å²) in [6, 6.07) is 5.45. The number of amides is 1. The van der Waals surface area contributed by atoms with E-state index >= 15 is 0 Å². The molecule has 5 nitrogen and oxygen atoms in total. The second-order valence-corrected chi connectivity index (χ2v) is 9.08. The van der Waals surface area contributed by atoms with E-state index in [1.165, 1.54) is 10.6 Å². The van der Waals surface area contributed by atoms with Crippen LogP contribution in [0.2, 0.25) is 0 Å². The van der Waals surface area contributed by atoms with Gasteiger partial charge in [-0.3, -0.25) is 4.79 Å². The molecule has 1 aliphatic heterocycles. The van der Waals surface area contributed by atoms with Crippen molar-refractivity contribution in [2.24, 2.45) is 0 Å². The molecule has 1 atom stereocenters. The van der Waals surface area contributed by atoms with Crippen molar-refractivity contribution in [3.63, 3.8) is 0 Å². The summed E-state index contributed by atoms with van der Waals surface area (Å²) in [5, 5.41) is 3.04. The first-order chi connectivity index (χ1) is 11.1. The number of hydrogen-bond acceptors (Lipinski definition) is 3. The highest BCUT2D eigenvalue weighted by molar-refractivity contribution is 7.88. The van der Waals surface area contributed by atoms with Crippen molar-refractivity contribution in [1.29, 1.82) is 0 Å². The average Bonchev–Trinajstić information content (AvgIpc) is 2.96. The van der Waals surface area contributed by atoms with Crippen LogP contribution in [0.1, 0.15) is 63.5 Å². The molecule has 0 aliphatic carbocycles. The highest BCUT2D eigenvalue weighted by Gasteiger charge is 2.36. The van der Waals surface area contributed by atoms with Crippen LogP contribution < -0.4 is 5.32 Å². The normalized spacial score (nSPS) is 19.2. The van der Waals surface area contributed by atoms with Gasteiger partial charge in [0.25, 0.3) is 0 Å². The lowest BCUT2D eigenvalue weighted by atomic mass is 9.92. The molecule has 0 saturated carbocycles. The summed E-state index contributed by atoms with van der Waals surface area (Å²) in [4.78, 5) is 12.8. The average molecular weight is 353 g/mol. The zero-order valence-electron chi connectivity index (χ0n) is 15.2. The highest BCUT2D eigenvalue weighted by atomic mass is 32.2. The molecule has 134 valence electrons. The van der Waals surface area contributed by atoms with Gasteiger partial charge in [-0.25, -0.2) is 8.42 Å². The van der Waals surface area contributed by atoms with Crippen LogP contribution in [0.25, 0.3) is 0 Å². The van der Waals surface area contributed by atoms with Gasteiger partial charge in [-0.15, -0.1) is 0 Å². The minimum absolute atomic E-state index is 0.229. The molecule has 1 aromatic carbocycles. The van der Waals surface area contributed by atoms with Crippen LogP contribution >= 0.6 is 0 Å². The van der Waals surface area contributed by atoms with Gasteiger partial charge in [0, 0.05) is 12.2 Å². The van der Waals surface area contributed by atoms with Crippen LogP contribution in [0.5, 0.6) is 0 Å². The Bertz CT molecular complexity index is 685. The van der Waals surface area contributed by atoms with E-state index in [4.69, 9.17) is 0 Å². The number of nitrogens with one attached hydrogen (secondary N) is 1. The highest BCUT2D eigenvalue weighted by Crippen LogP contribution is 2.33. The number of carbonyl (C=O) groups excluding carboxylic acids is 1. The Balaban J connectivity index is 2.35. The lowest BCUT2D eigenvalue weighted by molar-refractivity contribution is -0.119. The zero-order chi connectivity index (χ0) is 18.1. The molecule has 0 bridgehead atoms. The van der Waals surface area contributed by atoms with Gasteiger partial charge in [0.05, 0.1) is 6.26 Å². The van der Waals surface area contributed by atoms with E-state index in [9.17, 15) is 13.2 Å². The fourth-order valence-corrected chi connectivity index (χ4v) is 4.43. The van der Waals surface area contributed by atoms with E-state index in [1.54, 1.807) is 0 Å². The molecule has 0 radical (unpaired) electrons. The topological polar surface area (TPSA) is 66.5 Å². The summed E-state index contributed by atoms with van der Waals surface area (Å²) in [6.45, 7) is 8.78. The molecule has 6 heteroatoms. The van der Waals surface area contributed by atoms with E-state index in [0.29, 0.717) is 19.4 Å². The quantitative estimate of drug-likeness (QED) is 0.884. The van der Waals surface area contributed by atoms with Gasteiger partial charge in [-0.1, -0.05) is 45.9 Å². The summed E-state index contributed by atoms with van der Waals surface area (Å²) in [6.07, 6.45) is 2.45. The summed E-state index contributed by atoms with van der Waals surface area (Å²) in [5.74, 6) is 0.315. The van der Waals surface area contributed by atoms with Crippen LogP contribution in [-0.2, 0) is 14.8 Å². The molecule has 1 N–H and O–H groups in total. The maximum Gasteiger partial charge on any atom is 0.242 e. The molecule has 0 aromatic heterocycles. The number of carbonyl (C=O) groups is 1. The number of benzene rings is 1. The Morgan fingerprint density at radius 1 is 1.17 bits per heavy atom. The predicted octanol–water partition coefficient (Wildman–Crippen LogP) is 3.30. The number of para-hydroxylation sites is 1. The fourth-order valence-electron chi connectivity index (χ4n) is 3.30. The van der Waals surface area contributed by atoms with Gasteiger partial charge in [0.1, 0.15) is 6.04 Å². The SMILES string of the molecule is CC(C)c1cccc(C(C)C)c1NC(=O)[C@H]1CCCN1S(C)(=O)=O. The Labute approximate surface area is 145 Å². The van der Waals surface area contributed by atoms with Crippen LogP contribution in [0, 0.1) is 0 Å². The second kappa shape index (κ2) is 7.23. The van der Waals surface area contributed by atoms with E-state index in [-0.39, 0.29) is 17.7 Å². The number of hydrogen-bond donors (Lipinski definition) is 1. The number of rotatable bonds is 5. The molecular weight excluding hydrogens is 324 g/mol. The van der Waals surface area contributed by atoms with E-state index in [0.717, 1.165) is 16.8 Å². The third-order valence-corrected chi connectivity index (χ3v) is 5.84. The van der Waals surface area contributed by atoms with Gasteiger partial charge >= 0.3 is 0 Å². The standard InChI is InChI=1S/C18H28N2O3S/c1-12(2)14-8-6-9-15(13(3)4)17(14)19-18(21)16-10-7-11-20(16)24(5,22)23/h6,8-9,12-13,16H,7,10-11H2,1-5H3,(H,19,21)/t16-/m1/s1. The predicted molar refractivity (Wildman–Crippen MR) is 97.8 cm³/mol. The van der Waals surface area contributed by atoms with Crippen molar-refractivity contribution in [1.82, 2.24) is 4.31 Å². The first-order valence-corrected chi connectivity index (χ1v) is 10.4. The Morgan fingerprint density at radius 3 is 2.17 bits per heavy atom. The van der Waals surface area contributed by atoms with Crippen molar-refractivity contribution in [2.45, 2.75) is 58.4 Å². The number of sulfonamides is 1. The maximum atomic E-state index is 12.8. The van der Waals surface area contributed by atoms with Crippen molar-refractivity contribution in [2.75, 3.05) is 18.1 Å². The van der Waals surface area contributed by atoms with Gasteiger partial charge in [0.15, 0.2) is 0 Å². The van der Waals surface area contributed by atoms with Crippen LogP contribution in [-0.4, -0.2) is 37.5 Å². The smallest absolute Gasteiger partial charge is 0.242 e. The fraction of sp³-hybridized carbons (Fsp3) is 0.611. The molecule has 1 heterocycles. The summed E-state index contributed by atoms with van der Waals surface area (Å²) in [7, 11) is -3.37. The first-order valence-electron chi connectivity index (χ1n) is 8.53. The van der Waals surface area contributed by atoms with Crippen molar-refractivity contribution >= 4 is 21.6 Å². The zero-order valence-corrected chi connectivity index (χ0v) is 16.0. The lowest BCUT2D eigenvalue weighted by Gasteiger charge is -2.24. The third-order valence-electron chi connectivity index (χ3n) is 4.55. The molecule has 1 amide bonds. The summed E-state index contributed by atoms with van der Waals surface area (Å²) in [5.41, 5.74) is 3.00. The van der Waals surface area contributed by atoms with Crippen molar-refractivity contribution in [3.05, 3.63) is 29.3 Å². The Hall–Kier alpha value is -1.40. The first kappa shape index (κ1) is 18.9. The van der Waals surface area contributed by atoms with Gasteiger partial charge in [-0.2, -0.15) is 4.31 Å². The largest absolute Gasteiger partial charge is 0.324 e. The minimum Gasteiger partial charge on any atom is -0.324 e. The molecular formula is C18H28N2O3S. The monoisotopic (exact) mass is 352 g/mol. The van der Waals surface area contributed by atoms with E-state index < -0.39 is 16.1 Å². The Kier molecular flexibility index (Phi) is 5.71. The minimum atomic E-state index is -3.37. The van der Waals surface area contributed by atoms with Gasteiger partial charge in [0.2, 0.25) is 15.9 Å². The molecule has 0 spiro atoms. The molecule has 1 aliphatic rings. The summed E-state index contributed by atoms with van der Waals surface area (Å²) < 4.78 is 25.1. The molecule has 1 fully saturated rings. The lowest BCUT2D eigenvalue weighted by Crippen LogP contribution is -2.42. The van der Waals surface area contributed by atoms with E-state index in [1.807, 2.05) is 18.2 Å². The molecule has 0 unspecified atom stereocenters. The third kappa shape index (κ3) is 3.98. The van der Waals surface area contributed by atoms with Crippen LogP contribution in [0.4, 0.5) is 5.69 Å². The molecule has 1 aromatic rings. The summed E-state index contributed by atoms with van der Waals surface area (Å²) >= 11 is 0. The maximum absolute atomic E-state index is 12.8. The van der Waals surface area contributed by atoms with Crippen molar-refractivity contribution < 1.29 is 13.2 Å². The van der Waals surface area contributed by atoms with Crippen molar-refractivity contribution in [3.8, 4) is 0 Å².